The molecule has 8 nitrogen and oxygen atoms in total. The van der Waals surface area contributed by atoms with Gasteiger partial charge in [0.1, 0.15) is 11.7 Å². The largest absolute Gasteiger partial charge is 0.483 e. The Bertz CT molecular complexity index is 1370. The van der Waals surface area contributed by atoms with Crippen LogP contribution >= 0.6 is 0 Å². The molecule has 204 valence electrons. The van der Waals surface area contributed by atoms with Gasteiger partial charge in [0.2, 0.25) is 5.91 Å². The zero-order valence-electron chi connectivity index (χ0n) is 22.8. The highest BCUT2D eigenvalue weighted by atomic mass is 16.6. The standard InChI is InChI=1S/C31H34N2O6/c1-19(34)37-24-12-11-22-18-25-31(39-20(2)35)15-14-23(33(4)26(36)13-10-21-8-6-5-7-9-21)29-30(31,16-17-32(25)3)27(22)28(24)38-29/h5-13,23,25,29H,14-18H2,1-4H3/b13-10+/t23?,25-,29?,30+,31-/m1/s1. The summed E-state index contributed by atoms with van der Waals surface area (Å²) in [5, 5.41) is 0. The molecule has 2 fully saturated rings. The van der Waals surface area contributed by atoms with Crippen LogP contribution in [0, 0.1) is 0 Å². The third-order valence-corrected chi connectivity index (χ3v) is 9.29. The Morgan fingerprint density at radius 1 is 1.08 bits per heavy atom. The van der Waals surface area contributed by atoms with Gasteiger partial charge in [0.15, 0.2) is 11.5 Å². The first-order chi connectivity index (χ1) is 18.7. The maximum absolute atomic E-state index is 13.5. The lowest BCUT2D eigenvalue weighted by Gasteiger charge is -2.65. The molecule has 2 bridgehead atoms. The molecular formula is C31H34N2O6. The fraction of sp³-hybridized carbons (Fsp3) is 0.452. The summed E-state index contributed by atoms with van der Waals surface area (Å²) in [5.74, 6) is 0.0340. The second kappa shape index (κ2) is 9.23. The van der Waals surface area contributed by atoms with Crippen LogP contribution in [0.1, 0.15) is 49.8 Å². The van der Waals surface area contributed by atoms with Crippen molar-refractivity contribution in [3.8, 4) is 11.5 Å². The Morgan fingerprint density at radius 3 is 2.56 bits per heavy atom. The van der Waals surface area contributed by atoms with E-state index in [9.17, 15) is 14.4 Å². The smallest absolute Gasteiger partial charge is 0.308 e. The summed E-state index contributed by atoms with van der Waals surface area (Å²) in [6.07, 6.45) is 5.55. The molecule has 1 amide bonds. The number of carbonyl (C=O) groups excluding carboxylic acids is 3. The van der Waals surface area contributed by atoms with Gasteiger partial charge < -0.3 is 19.1 Å². The van der Waals surface area contributed by atoms with Crippen LogP contribution in [0.3, 0.4) is 0 Å². The van der Waals surface area contributed by atoms with Crippen LogP contribution in [0.2, 0.25) is 0 Å². The van der Waals surface area contributed by atoms with E-state index >= 15 is 0 Å². The Kier molecular flexibility index (Phi) is 6.06. The Balaban J connectivity index is 1.46. The van der Waals surface area contributed by atoms with Crippen molar-refractivity contribution in [2.45, 2.75) is 68.7 Å². The fourth-order valence-electron chi connectivity index (χ4n) is 7.79. The SMILES string of the molecule is CC(=O)Oc1ccc2c3c1OC1C(N(C)C(=O)/C=C/c4ccccc4)CC[C@@]4(OC(C)=O)[C@@H](C2)N(C)CC[C@]314. The maximum Gasteiger partial charge on any atom is 0.308 e. The van der Waals surface area contributed by atoms with E-state index in [1.165, 1.54) is 13.8 Å². The van der Waals surface area contributed by atoms with Gasteiger partial charge in [-0.05, 0) is 62.5 Å². The molecule has 0 aromatic heterocycles. The molecule has 2 unspecified atom stereocenters. The normalized spacial score (nSPS) is 30.3. The van der Waals surface area contributed by atoms with E-state index in [4.69, 9.17) is 14.2 Å². The highest BCUT2D eigenvalue weighted by molar-refractivity contribution is 5.92. The zero-order valence-corrected chi connectivity index (χ0v) is 22.8. The molecule has 4 aliphatic rings. The first-order valence-corrected chi connectivity index (χ1v) is 13.6. The molecule has 1 saturated heterocycles. The van der Waals surface area contributed by atoms with Crippen LogP contribution in [0.15, 0.2) is 48.5 Å². The van der Waals surface area contributed by atoms with Gasteiger partial charge in [-0.25, -0.2) is 0 Å². The summed E-state index contributed by atoms with van der Waals surface area (Å²) in [4.78, 5) is 42.2. The van der Waals surface area contributed by atoms with Crippen LogP contribution in [-0.4, -0.2) is 72.1 Å². The first-order valence-electron chi connectivity index (χ1n) is 13.6. The van der Waals surface area contributed by atoms with Crippen molar-refractivity contribution in [3.63, 3.8) is 0 Å². The number of ether oxygens (including phenoxy) is 3. The lowest BCUT2D eigenvalue weighted by Crippen LogP contribution is -2.78. The van der Waals surface area contributed by atoms with E-state index in [2.05, 4.69) is 11.9 Å². The number of amides is 1. The summed E-state index contributed by atoms with van der Waals surface area (Å²) in [7, 11) is 3.90. The van der Waals surface area contributed by atoms with Crippen molar-refractivity contribution < 1.29 is 28.6 Å². The number of piperidine rings is 1. The summed E-state index contributed by atoms with van der Waals surface area (Å²) in [6, 6.07) is 13.2. The van der Waals surface area contributed by atoms with E-state index in [1.54, 1.807) is 17.0 Å². The molecule has 2 aliphatic carbocycles. The number of esters is 2. The second-order valence-corrected chi connectivity index (χ2v) is 11.3. The summed E-state index contributed by atoms with van der Waals surface area (Å²) in [5.41, 5.74) is 1.55. The molecule has 0 N–H and O–H groups in total. The number of benzene rings is 2. The monoisotopic (exact) mass is 530 g/mol. The first kappa shape index (κ1) is 25.6. The quantitative estimate of drug-likeness (QED) is 0.332. The molecular weight excluding hydrogens is 496 g/mol. The van der Waals surface area contributed by atoms with Crippen LogP contribution in [0.25, 0.3) is 6.08 Å². The molecule has 2 aromatic rings. The lowest BCUT2D eigenvalue weighted by atomic mass is 9.48. The van der Waals surface area contributed by atoms with Crippen LogP contribution < -0.4 is 9.47 Å². The summed E-state index contributed by atoms with van der Waals surface area (Å²) < 4.78 is 18.8. The van der Waals surface area contributed by atoms with Gasteiger partial charge >= 0.3 is 11.9 Å². The molecule has 2 aliphatic heterocycles. The zero-order chi connectivity index (χ0) is 27.5. The van der Waals surface area contributed by atoms with Gasteiger partial charge in [0.25, 0.3) is 0 Å². The number of hydrogen-bond acceptors (Lipinski definition) is 7. The van der Waals surface area contributed by atoms with Gasteiger partial charge in [-0.3, -0.25) is 19.3 Å². The average molecular weight is 531 g/mol. The Labute approximate surface area is 228 Å². The van der Waals surface area contributed by atoms with Crippen molar-refractivity contribution in [2.24, 2.45) is 0 Å². The van der Waals surface area contributed by atoms with Gasteiger partial charge in [-0.2, -0.15) is 0 Å². The molecule has 2 heterocycles. The molecule has 1 saturated carbocycles. The van der Waals surface area contributed by atoms with Crippen molar-refractivity contribution in [1.29, 1.82) is 0 Å². The number of nitrogens with zero attached hydrogens (tertiary/aromatic N) is 2. The van der Waals surface area contributed by atoms with E-state index in [0.29, 0.717) is 37.2 Å². The number of hydrogen-bond donors (Lipinski definition) is 0. The molecule has 1 spiro atoms. The minimum Gasteiger partial charge on any atom is -0.483 e. The predicted molar refractivity (Wildman–Crippen MR) is 144 cm³/mol. The highest BCUT2D eigenvalue weighted by Crippen LogP contribution is 2.67. The summed E-state index contributed by atoms with van der Waals surface area (Å²) in [6.45, 7) is 3.63. The van der Waals surface area contributed by atoms with Gasteiger partial charge in [0, 0.05) is 32.5 Å². The van der Waals surface area contributed by atoms with Gasteiger partial charge in [-0.1, -0.05) is 36.4 Å². The number of rotatable bonds is 5. The average Bonchev–Trinajstić information content (AvgIpc) is 3.26. The van der Waals surface area contributed by atoms with Crippen molar-refractivity contribution >= 4 is 23.9 Å². The van der Waals surface area contributed by atoms with Crippen molar-refractivity contribution in [1.82, 2.24) is 9.80 Å². The van der Waals surface area contributed by atoms with E-state index in [-0.39, 0.29) is 24.0 Å². The maximum atomic E-state index is 13.5. The predicted octanol–water partition coefficient (Wildman–Crippen LogP) is 3.51. The number of carbonyl (C=O) groups is 3. The van der Waals surface area contributed by atoms with Crippen molar-refractivity contribution in [3.05, 3.63) is 65.2 Å². The van der Waals surface area contributed by atoms with Gasteiger partial charge in [0.05, 0.1) is 17.5 Å². The lowest BCUT2D eigenvalue weighted by molar-refractivity contribution is -0.220. The highest BCUT2D eigenvalue weighted by Gasteiger charge is 2.75. The number of likely N-dealkylation sites (tertiary alicyclic amines) is 1. The molecule has 5 atom stereocenters. The van der Waals surface area contributed by atoms with E-state index in [1.807, 2.05) is 49.5 Å². The molecule has 6 rings (SSSR count). The van der Waals surface area contributed by atoms with Gasteiger partial charge in [-0.15, -0.1) is 0 Å². The second-order valence-electron chi connectivity index (χ2n) is 11.3. The fourth-order valence-corrected chi connectivity index (χ4v) is 7.79. The van der Waals surface area contributed by atoms with E-state index in [0.717, 1.165) is 23.2 Å². The molecule has 39 heavy (non-hydrogen) atoms. The van der Waals surface area contributed by atoms with E-state index < -0.39 is 23.1 Å². The van der Waals surface area contributed by atoms with Crippen LogP contribution in [-0.2, 0) is 31.0 Å². The van der Waals surface area contributed by atoms with Crippen LogP contribution in [0.5, 0.6) is 11.5 Å². The molecule has 0 radical (unpaired) electrons. The minimum atomic E-state index is -0.816. The summed E-state index contributed by atoms with van der Waals surface area (Å²) >= 11 is 0. The van der Waals surface area contributed by atoms with Crippen molar-refractivity contribution in [2.75, 3.05) is 20.6 Å². The third kappa shape index (κ3) is 3.72. The Morgan fingerprint density at radius 2 is 1.85 bits per heavy atom. The minimum absolute atomic E-state index is 0.0285. The van der Waals surface area contributed by atoms with Crippen LogP contribution in [0.4, 0.5) is 0 Å². The molecule has 8 heteroatoms. The third-order valence-electron chi connectivity index (χ3n) is 9.29. The number of likely N-dealkylation sites (N-methyl/N-ethyl adjacent to an activating group) is 2. The topological polar surface area (TPSA) is 85.4 Å². The Hall–Kier alpha value is -3.65. The molecule has 2 aromatic carbocycles.